The molecular formula is C24H26F4N4O2S. The number of nitrogens with one attached hydrogen (secondary N) is 1. The van der Waals surface area contributed by atoms with Crippen molar-refractivity contribution >= 4 is 27.6 Å². The second-order valence-corrected chi connectivity index (χ2v) is 11.1. The predicted molar refractivity (Wildman–Crippen MR) is 128 cm³/mol. The molecule has 0 saturated carbocycles. The number of nitrogens with zero attached hydrogens (tertiary/aromatic N) is 3. The molecule has 1 aromatic heterocycles. The zero-order valence-corrected chi connectivity index (χ0v) is 20.2. The van der Waals surface area contributed by atoms with Gasteiger partial charge in [0.2, 0.25) is 0 Å². The van der Waals surface area contributed by atoms with Gasteiger partial charge in [-0.1, -0.05) is 0 Å². The van der Waals surface area contributed by atoms with E-state index in [1.807, 2.05) is 11.8 Å². The van der Waals surface area contributed by atoms with E-state index in [4.69, 9.17) is 4.74 Å². The van der Waals surface area contributed by atoms with Crippen molar-refractivity contribution in [1.82, 2.24) is 14.9 Å². The summed E-state index contributed by atoms with van der Waals surface area (Å²) in [5.41, 5.74) is -0.854. The number of aromatic nitrogens is 2. The zero-order valence-electron chi connectivity index (χ0n) is 19.3. The van der Waals surface area contributed by atoms with Crippen molar-refractivity contribution in [2.45, 2.75) is 41.6 Å². The first-order valence-electron chi connectivity index (χ1n) is 11.4. The van der Waals surface area contributed by atoms with Crippen LogP contribution in [0.5, 0.6) is 0 Å². The molecule has 3 atom stereocenters. The highest BCUT2D eigenvalue weighted by atomic mass is 32.2. The van der Waals surface area contributed by atoms with Gasteiger partial charge in [0.05, 0.1) is 23.7 Å². The predicted octanol–water partition coefficient (Wildman–Crippen LogP) is 3.80. The Balaban J connectivity index is 1.86. The van der Waals surface area contributed by atoms with Crippen LogP contribution in [0.25, 0.3) is 10.9 Å². The molecule has 3 aromatic rings. The van der Waals surface area contributed by atoms with Crippen LogP contribution in [0.1, 0.15) is 12.5 Å². The lowest BCUT2D eigenvalue weighted by Gasteiger charge is -2.36. The molecule has 2 aromatic carbocycles. The van der Waals surface area contributed by atoms with Crippen molar-refractivity contribution in [3.8, 4) is 0 Å². The SMILES string of the molecule is COC1Cn2c(=O)nc(N3CCNCC3C)c3cc(C(F)(F)F)cc(c32)[SH](c2ccc(F)cc2)C1. The zero-order chi connectivity index (χ0) is 24.9. The number of hydrogen-bond acceptors (Lipinski definition) is 5. The molecule has 1 saturated heterocycles. The molecule has 3 unspecified atom stereocenters. The number of halogens is 4. The topological polar surface area (TPSA) is 59.4 Å². The van der Waals surface area contributed by atoms with Gasteiger partial charge in [-0.05, 0) is 48.2 Å². The third-order valence-electron chi connectivity index (χ3n) is 6.67. The Labute approximate surface area is 202 Å². The van der Waals surface area contributed by atoms with Gasteiger partial charge in [0.15, 0.2) is 0 Å². The summed E-state index contributed by atoms with van der Waals surface area (Å²) in [7, 11) is 0.137. The summed E-state index contributed by atoms with van der Waals surface area (Å²) >= 11 is 0. The number of thiol groups is 1. The molecule has 6 nitrogen and oxygen atoms in total. The van der Waals surface area contributed by atoms with Crippen molar-refractivity contribution in [3.05, 3.63) is 58.3 Å². The maximum atomic E-state index is 14.1. The molecule has 0 aliphatic carbocycles. The standard InChI is InChI=1S/C24H26F4N4O2S/c1-14-11-29-7-8-31(14)22-19-9-15(24(26,27)28)10-20-21(19)32(23(33)30-22)12-17(34-2)13-35(20)18-5-3-16(25)4-6-18/h3-6,9-10,14,17,29,35H,7-8,11-13H2,1-2H3. The molecule has 188 valence electrons. The summed E-state index contributed by atoms with van der Waals surface area (Å²) in [5.74, 6) is 0.244. The summed E-state index contributed by atoms with van der Waals surface area (Å²) in [4.78, 5) is 20.7. The van der Waals surface area contributed by atoms with Crippen LogP contribution < -0.4 is 15.9 Å². The molecule has 1 N–H and O–H groups in total. The van der Waals surface area contributed by atoms with Crippen LogP contribution in [0.15, 0.2) is 51.0 Å². The van der Waals surface area contributed by atoms with Gasteiger partial charge < -0.3 is 15.0 Å². The Kier molecular flexibility index (Phi) is 6.27. The average molecular weight is 511 g/mol. The van der Waals surface area contributed by atoms with E-state index in [-0.39, 0.29) is 18.4 Å². The Morgan fingerprint density at radius 2 is 1.94 bits per heavy atom. The van der Waals surface area contributed by atoms with Crippen molar-refractivity contribution in [2.75, 3.05) is 37.4 Å². The van der Waals surface area contributed by atoms with Crippen LogP contribution >= 0.6 is 10.9 Å². The smallest absolute Gasteiger partial charge is 0.379 e. The average Bonchev–Trinajstić information content (AvgIpc) is 2.99. The highest BCUT2D eigenvalue weighted by Gasteiger charge is 2.36. The van der Waals surface area contributed by atoms with Crippen molar-refractivity contribution in [2.24, 2.45) is 0 Å². The number of anilines is 1. The summed E-state index contributed by atoms with van der Waals surface area (Å²) in [6.45, 7) is 3.91. The van der Waals surface area contributed by atoms with Crippen LogP contribution in [-0.4, -0.2) is 54.2 Å². The first-order valence-corrected chi connectivity index (χ1v) is 12.9. The summed E-state index contributed by atoms with van der Waals surface area (Å²) in [6, 6.07) is 8.03. The first kappa shape index (κ1) is 24.1. The maximum Gasteiger partial charge on any atom is 0.416 e. The van der Waals surface area contributed by atoms with E-state index in [1.165, 1.54) is 23.8 Å². The number of methoxy groups -OCH3 is 1. The minimum Gasteiger partial charge on any atom is -0.379 e. The third-order valence-corrected chi connectivity index (χ3v) is 9.28. The molecule has 0 radical (unpaired) electrons. The third kappa shape index (κ3) is 4.41. The first-order chi connectivity index (χ1) is 16.7. The highest BCUT2D eigenvalue weighted by Crippen LogP contribution is 2.52. The van der Waals surface area contributed by atoms with Gasteiger partial charge in [0.25, 0.3) is 0 Å². The molecule has 1 fully saturated rings. The monoisotopic (exact) mass is 510 g/mol. The van der Waals surface area contributed by atoms with Crippen LogP contribution in [0.4, 0.5) is 23.4 Å². The lowest BCUT2D eigenvalue weighted by atomic mass is 10.1. The molecule has 2 aliphatic heterocycles. The van der Waals surface area contributed by atoms with E-state index in [9.17, 15) is 22.4 Å². The fourth-order valence-corrected chi connectivity index (χ4v) is 7.53. The largest absolute Gasteiger partial charge is 0.416 e. The summed E-state index contributed by atoms with van der Waals surface area (Å²) < 4.78 is 63.2. The normalized spacial score (nSPS) is 23.9. The highest BCUT2D eigenvalue weighted by molar-refractivity contribution is 8.17. The maximum absolute atomic E-state index is 14.1. The minimum atomic E-state index is -4.59. The summed E-state index contributed by atoms with van der Waals surface area (Å²) in [6.07, 6.45) is -5.01. The Morgan fingerprint density at radius 3 is 2.60 bits per heavy atom. The van der Waals surface area contributed by atoms with Crippen molar-refractivity contribution < 1.29 is 22.3 Å². The van der Waals surface area contributed by atoms with Crippen LogP contribution in [0.2, 0.25) is 0 Å². The van der Waals surface area contributed by atoms with E-state index in [1.54, 1.807) is 12.1 Å². The van der Waals surface area contributed by atoms with Gasteiger partial charge in [-0.3, -0.25) is 4.57 Å². The number of ether oxygens (including phenoxy) is 1. The van der Waals surface area contributed by atoms with Gasteiger partial charge in [0, 0.05) is 48.8 Å². The van der Waals surface area contributed by atoms with Gasteiger partial charge in [-0.25, -0.2) is 9.18 Å². The minimum absolute atomic E-state index is 0.0526. The number of piperazine rings is 1. The Hall–Kier alpha value is -2.63. The molecule has 0 spiro atoms. The Bertz CT molecular complexity index is 1310. The second-order valence-electron chi connectivity index (χ2n) is 8.91. The van der Waals surface area contributed by atoms with E-state index < -0.39 is 40.2 Å². The molecule has 35 heavy (non-hydrogen) atoms. The molecule has 3 heterocycles. The number of alkyl halides is 3. The van der Waals surface area contributed by atoms with E-state index in [2.05, 4.69) is 10.3 Å². The van der Waals surface area contributed by atoms with Crippen LogP contribution in [-0.2, 0) is 17.5 Å². The molecule has 5 rings (SSSR count). The molecule has 0 bridgehead atoms. The number of hydrogen-bond donors (Lipinski definition) is 2. The van der Waals surface area contributed by atoms with Crippen LogP contribution in [0.3, 0.4) is 0 Å². The van der Waals surface area contributed by atoms with Crippen LogP contribution in [0, 0.1) is 5.82 Å². The second kappa shape index (κ2) is 9.11. The van der Waals surface area contributed by atoms with Gasteiger partial charge in [0.1, 0.15) is 11.6 Å². The fourth-order valence-electron chi connectivity index (χ4n) is 4.87. The number of benzene rings is 2. The lowest BCUT2D eigenvalue weighted by molar-refractivity contribution is -0.137. The van der Waals surface area contributed by atoms with E-state index in [0.717, 1.165) is 17.0 Å². The number of rotatable bonds is 3. The Morgan fingerprint density at radius 1 is 1.20 bits per heavy atom. The lowest BCUT2D eigenvalue weighted by Crippen LogP contribution is -2.51. The van der Waals surface area contributed by atoms with E-state index >= 15 is 0 Å². The fraction of sp³-hybridized carbons (Fsp3) is 0.417. The van der Waals surface area contributed by atoms with Gasteiger partial charge in [-0.2, -0.15) is 29.1 Å². The van der Waals surface area contributed by atoms with Gasteiger partial charge in [-0.15, -0.1) is 0 Å². The molecule has 11 heteroatoms. The molecule has 2 aliphatic rings. The quantitative estimate of drug-likeness (QED) is 0.415. The van der Waals surface area contributed by atoms with Gasteiger partial charge >= 0.3 is 11.9 Å². The molecule has 0 amide bonds. The van der Waals surface area contributed by atoms with Crippen molar-refractivity contribution in [3.63, 3.8) is 0 Å². The van der Waals surface area contributed by atoms with E-state index in [0.29, 0.717) is 41.2 Å². The molecular weight excluding hydrogens is 484 g/mol. The van der Waals surface area contributed by atoms with Crippen molar-refractivity contribution in [1.29, 1.82) is 0 Å². The summed E-state index contributed by atoms with van der Waals surface area (Å²) in [5, 5.41) is 3.56.